The van der Waals surface area contributed by atoms with Gasteiger partial charge in [0.15, 0.2) is 12.1 Å². The van der Waals surface area contributed by atoms with Crippen molar-refractivity contribution in [2.24, 2.45) is 5.73 Å². The number of benzene rings is 2. The lowest BCUT2D eigenvalue weighted by atomic mass is 9.92. The van der Waals surface area contributed by atoms with Gasteiger partial charge in [-0.1, -0.05) is 41.9 Å². The lowest BCUT2D eigenvalue weighted by molar-refractivity contribution is -0.309. The molecule has 0 amide bonds. The van der Waals surface area contributed by atoms with Crippen molar-refractivity contribution in [2.75, 3.05) is 6.61 Å². The van der Waals surface area contributed by atoms with Gasteiger partial charge in [-0.25, -0.2) is 9.67 Å². The second-order valence-electron chi connectivity index (χ2n) is 7.86. The van der Waals surface area contributed by atoms with Crippen LogP contribution in [-0.2, 0) is 14.2 Å². The van der Waals surface area contributed by atoms with Crippen LogP contribution in [0, 0.1) is 6.92 Å². The number of aliphatic hydroxyl groups excluding tert-OH is 1. The minimum atomic E-state index is -1.06. The number of rotatable bonds is 3. The number of hydrogen-bond acceptors (Lipinski definition) is 7. The lowest BCUT2D eigenvalue weighted by Crippen LogP contribution is -2.62. The molecule has 10 heteroatoms. The topological polar surface area (TPSA) is 105 Å². The number of nitrogens with zero attached hydrogens (tertiary/aromatic N) is 3. The van der Waals surface area contributed by atoms with Gasteiger partial charge in [0.1, 0.15) is 30.2 Å². The van der Waals surface area contributed by atoms with Crippen LogP contribution in [0.1, 0.15) is 29.6 Å². The number of hydrogen-bond donors (Lipinski definition) is 2. The fourth-order valence-corrected chi connectivity index (χ4v) is 4.69. The van der Waals surface area contributed by atoms with E-state index in [1.807, 2.05) is 36.4 Å². The molecule has 2 aromatic carbocycles. The van der Waals surface area contributed by atoms with E-state index in [-0.39, 0.29) is 6.61 Å². The Morgan fingerprint density at radius 3 is 2.75 bits per heavy atom. The van der Waals surface area contributed by atoms with E-state index in [9.17, 15) is 5.11 Å². The van der Waals surface area contributed by atoms with Gasteiger partial charge in [-0.3, -0.25) is 0 Å². The molecule has 6 atom stereocenters. The summed E-state index contributed by atoms with van der Waals surface area (Å²) in [7, 11) is 0. The standard InChI is InChI=1S/C22H22BrClN4O4/c1-11-26-21(28(27-11)15-9-13(24)7-8-14(15)23)20-18(29)17(25)19-16(31-20)10-30-22(32-19)12-5-3-2-4-6-12/h2-9,16-20,22,29H,10,25H2,1H3/t16-,17-,18-,19+,20-,22?/m1/s1. The summed E-state index contributed by atoms with van der Waals surface area (Å²) < 4.78 is 20.6. The first-order valence-corrected chi connectivity index (χ1v) is 11.4. The highest BCUT2D eigenvalue weighted by molar-refractivity contribution is 9.10. The van der Waals surface area contributed by atoms with Crippen LogP contribution in [0.5, 0.6) is 0 Å². The molecule has 0 aliphatic carbocycles. The Labute approximate surface area is 198 Å². The summed E-state index contributed by atoms with van der Waals surface area (Å²) >= 11 is 9.73. The predicted octanol–water partition coefficient (Wildman–Crippen LogP) is 3.23. The molecule has 2 saturated heterocycles. The molecule has 0 radical (unpaired) electrons. The summed E-state index contributed by atoms with van der Waals surface area (Å²) in [4.78, 5) is 4.53. The summed E-state index contributed by atoms with van der Waals surface area (Å²) in [5, 5.41) is 16.1. The molecule has 2 fully saturated rings. The first-order chi connectivity index (χ1) is 15.4. The molecule has 2 aliphatic rings. The maximum Gasteiger partial charge on any atom is 0.184 e. The molecular weight excluding hydrogens is 500 g/mol. The van der Waals surface area contributed by atoms with Crippen LogP contribution in [0.25, 0.3) is 5.69 Å². The average Bonchev–Trinajstić information content (AvgIpc) is 3.19. The molecule has 5 rings (SSSR count). The van der Waals surface area contributed by atoms with Crippen molar-refractivity contribution in [3.63, 3.8) is 0 Å². The van der Waals surface area contributed by atoms with Crippen molar-refractivity contribution in [2.45, 2.75) is 43.7 Å². The Morgan fingerprint density at radius 1 is 1.19 bits per heavy atom. The van der Waals surface area contributed by atoms with Crippen LogP contribution in [-0.4, -0.2) is 50.8 Å². The number of aliphatic hydroxyl groups is 1. The van der Waals surface area contributed by atoms with Crippen LogP contribution in [0.2, 0.25) is 5.02 Å². The Kier molecular flexibility index (Phi) is 6.06. The first-order valence-electron chi connectivity index (χ1n) is 10.2. The Balaban J connectivity index is 1.44. The van der Waals surface area contributed by atoms with Crippen molar-refractivity contribution >= 4 is 27.5 Å². The Hall–Kier alpha value is -1.85. The number of aromatic nitrogens is 3. The largest absolute Gasteiger partial charge is 0.388 e. The summed E-state index contributed by atoms with van der Waals surface area (Å²) in [6.07, 6.45) is -3.45. The van der Waals surface area contributed by atoms with Gasteiger partial charge < -0.3 is 25.1 Å². The molecule has 0 spiro atoms. The van der Waals surface area contributed by atoms with E-state index in [0.29, 0.717) is 22.4 Å². The lowest BCUT2D eigenvalue weighted by Gasteiger charge is -2.46. The Bertz CT molecular complexity index is 1110. The fraction of sp³-hybridized carbons (Fsp3) is 0.364. The third-order valence-corrected chi connectivity index (χ3v) is 6.57. The van der Waals surface area contributed by atoms with Crippen LogP contribution in [0.3, 0.4) is 0 Å². The van der Waals surface area contributed by atoms with E-state index >= 15 is 0 Å². The molecule has 0 bridgehead atoms. The van der Waals surface area contributed by atoms with Gasteiger partial charge in [0, 0.05) is 15.1 Å². The summed E-state index contributed by atoms with van der Waals surface area (Å²) in [5.74, 6) is 0.954. The van der Waals surface area contributed by atoms with E-state index in [0.717, 1.165) is 10.0 Å². The summed E-state index contributed by atoms with van der Waals surface area (Å²) in [6, 6.07) is 14.3. The van der Waals surface area contributed by atoms with Crippen molar-refractivity contribution in [3.05, 3.63) is 75.2 Å². The second kappa shape index (κ2) is 8.83. The number of fused-ring (bicyclic) bond motifs is 1. The number of aryl methyl sites for hydroxylation is 1. The highest BCUT2D eigenvalue weighted by Crippen LogP contribution is 2.39. The highest BCUT2D eigenvalue weighted by atomic mass is 79.9. The maximum atomic E-state index is 11.1. The molecule has 3 heterocycles. The molecule has 0 saturated carbocycles. The molecular formula is C22H22BrClN4O4. The van der Waals surface area contributed by atoms with Gasteiger partial charge in [-0.2, -0.15) is 5.10 Å². The molecule has 32 heavy (non-hydrogen) atoms. The number of nitrogens with two attached hydrogens (primary N) is 1. The monoisotopic (exact) mass is 520 g/mol. The van der Waals surface area contributed by atoms with Gasteiger partial charge in [0.05, 0.1) is 18.3 Å². The molecule has 8 nitrogen and oxygen atoms in total. The molecule has 3 aromatic rings. The zero-order chi connectivity index (χ0) is 22.4. The summed E-state index contributed by atoms with van der Waals surface area (Å²) in [5.41, 5.74) is 8.02. The molecule has 3 N–H and O–H groups in total. The third-order valence-electron chi connectivity index (χ3n) is 5.66. The van der Waals surface area contributed by atoms with Crippen molar-refractivity contribution in [3.8, 4) is 5.69 Å². The Morgan fingerprint density at radius 2 is 1.97 bits per heavy atom. The van der Waals surface area contributed by atoms with Crippen molar-refractivity contribution in [1.82, 2.24) is 14.8 Å². The van der Waals surface area contributed by atoms with Gasteiger partial charge in [0.2, 0.25) is 0 Å². The third kappa shape index (κ3) is 3.99. The second-order valence-corrected chi connectivity index (χ2v) is 9.16. The fourth-order valence-electron chi connectivity index (χ4n) is 4.11. The maximum absolute atomic E-state index is 11.1. The predicted molar refractivity (Wildman–Crippen MR) is 120 cm³/mol. The number of halogens is 2. The smallest absolute Gasteiger partial charge is 0.184 e. The first kappa shape index (κ1) is 22.0. The molecule has 1 aromatic heterocycles. The van der Waals surface area contributed by atoms with E-state index in [1.165, 1.54) is 0 Å². The van der Waals surface area contributed by atoms with Crippen molar-refractivity contribution < 1.29 is 19.3 Å². The van der Waals surface area contributed by atoms with Crippen molar-refractivity contribution in [1.29, 1.82) is 0 Å². The van der Waals surface area contributed by atoms with E-state index in [4.69, 9.17) is 31.5 Å². The highest BCUT2D eigenvalue weighted by Gasteiger charge is 2.49. The zero-order valence-electron chi connectivity index (χ0n) is 17.1. The summed E-state index contributed by atoms with van der Waals surface area (Å²) in [6.45, 7) is 2.04. The zero-order valence-corrected chi connectivity index (χ0v) is 19.5. The normalized spacial score (nSPS) is 30.2. The minimum absolute atomic E-state index is 0.273. The number of ether oxygens (including phenoxy) is 3. The van der Waals surface area contributed by atoms with Gasteiger partial charge in [0.25, 0.3) is 0 Å². The van der Waals surface area contributed by atoms with Crippen LogP contribution in [0.15, 0.2) is 53.0 Å². The average molecular weight is 522 g/mol. The SMILES string of the molecule is Cc1nc([C@@H]2O[C@@H]3COC(c4ccccc4)O[C@@H]3[C@H](N)[C@H]2O)n(-c2cc(Cl)ccc2Br)n1. The van der Waals surface area contributed by atoms with E-state index in [1.54, 1.807) is 23.7 Å². The quantitative estimate of drug-likeness (QED) is 0.545. The molecule has 168 valence electrons. The van der Waals surface area contributed by atoms with Crippen LogP contribution in [0.4, 0.5) is 0 Å². The minimum Gasteiger partial charge on any atom is -0.388 e. The van der Waals surface area contributed by atoms with Gasteiger partial charge in [-0.15, -0.1) is 0 Å². The van der Waals surface area contributed by atoms with Gasteiger partial charge in [-0.05, 0) is 41.1 Å². The molecule has 1 unspecified atom stereocenters. The van der Waals surface area contributed by atoms with Gasteiger partial charge >= 0.3 is 0 Å². The van der Waals surface area contributed by atoms with Crippen LogP contribution < -0.4 is 5.73 Å². The van der Waals surface area contributed by atoms with E-state index < -0.39 is 36.7 Å². The van der Waals surface area contributed by atoms with E-state index in [2.05, 4.69) is 26.0 Å². The molecule has 2 aliphatic heterocycles. The van der Waals surface area contributed by atoms with Crippen LogP contribution >= 0.6 is 27.5 Å².